The number of sulfonamides is 1. The maximum atomic E-state index is 13.4. The van der Waals surface area contributed by atoms with Crippen molar-refractivity contribution in [2.75, 3.05) is 6.54 Å². The molecule has 1 atom stereocenters. The van der Waals surface area contributed by atoms with Gasteiger partial charge in [0.2, 0.25) is 10.0 Å². The number of benzene rings is 1. The summed E-state index contributed by atoms with van der Waals surface area (Å²) in [5.74, 6) is 0. The van der Waals surface area contributed by atoms with Crippen LogP contribution in [-0.4, -0.2) is 21.1 Å². The third kappa shape index (κ3) is 4.74. The fraction of sp³-hybridized carbons (Fsp3) is 0.538. The van der Waals surface area contributed by atoms with Crippen molar-refractivity contribution in [3.8, 4) is 0 Å². The van der Waals surface area contributed by atoms with E-state index < -0.39 is 16.2 Å². The number of alkyl halides is 1. The topological polar surface area (TPSA) is 46.2 Å². The SMILES string of the molecule is CCCCC(F)CNS(=O)(=O)c1ccc(C)cc1. The summed E-state index contributed by atoms with van der Waals surface area (Å²) in [6, 6.07) is 6.49. The summed E-state index contributed by atoms with van der Waals surface area (Å²) >= 11 is 0. The van der Waals surface area contributed by atoms with Gasteiger partial charge in [-0.1, -0.05) is 37.5 Å². The molecule has 1 aromatic rings. The molecule has 5 heteroatoms. The van der Waals surface area contributed by atoms with Gasteiger partial charge in [0, 0.05) is 6.54 Å². The van der Waals surface area contributed by atoms with E-state index in [0.717, 1.165) is 18.4 Å². The molecular formula is C13H20FNO2S. The minimum Gasteiger partial charge on any atom is -0.246 e. The number of hydrogen-bond acceptors (Lipinski definition) is 2. The van der Waals surface area contributed by atoms with E-state index in [9.17, 15) is 12.8 Å². The Morgan fingerprint density at radius 1 is 1.28 bits per heavy atom. The van der Waals surface area contributed by atoms with Crippen molar-refractivity contribution in [1.29, 1.82) is 0 Å². The van der Waals surface area contributed by atoms with Gasteiger partial charge >= 0.3 is 0 Å². The molecule has 1 N–H and O–H groups in total. The van der Waals surface area contributed by atoms with Crippen LogP contribution in [0.3, 0.4) is 0 Å². The first-order valence-electron chi connectivity index (χ1n) is 6.16. The van der Waals surface area contributed by atoms with Crippen LogP contribution in [-0.2, 0) is 10.0 Å². The van der Waals surface area contributed by atoms with Crippen molar-refractivity contribution < 1.29 is 12.8 Å². The number of halogens is 1. The Balaban J connectivity index is 2.57. The summed E-state index contributed by atoms with van der Waals surface area (Å²) < 4.78 is 39.4. The molecule has 0 radical (unpaired) electrons. The molecule has 3 nitrogen and oxygen atoms in total. The number of nitrogens with one attached hydrogen (secondary N) is 1. The summed E-state index contributed by atoms with van der Waals surface area (Å²) in [6.07, 6.45) is 0.955. The normalized spacial score (nSPS) is 13.5. The van der Waals surface area contributed by atoms with E-state index in [4.69, 9.17) is 0 Å². The van der Waals surface area contributed by atoms with Gasteiger partial charge in [0.15, 0.2) is 0 Å². The van der Waals surface area contributed by atoms with Gasteiger partial charge in [-0.25, -0.2) is 17.5 Å². The highest BCUT2D eigenvalue weighted by atomic mass is 32.2. The predicted octanol–water partition coefficient (Wildman–Crippen LogP) is 2.80. The molecule has 0 saturated heterocycles. The van der Waals surface area contributed by atoms with Crippen LogP contribution in [0.25, 0.3) is 0 Å². The molecule has 0 aliphatic carbocycles. The van der Waals surface area contributed by atoms with Crippen molar-refractivity contribution in [3.05, 3.63) is 29.8 Å². The lowest BCUT2D eigenvalue weighted by molar-refractivity contribution is 0.307. The van der Waals surface area contributed by atoms with Crippen molar-refractivity contribution in [2.24, 2.45) is 0 Å². The van der Waals surface area contributed by atoms with Crippen LogP contribution in [0.15, 0.2) is 29.2 Å². The minimum atomic E-state index is -3.59. The Morgan fingerprint density at radius 2 is 1.89 bits per heavy atom. The zero-order valence-corrected chi connectivity index (χ0v) is 11.6. The molecule has 0 aromatic heterocycles. The van der Waals surface area contributed by atoms with Crippen molar-refractivity contribution in [2.45, 2.75) is 44.2 Å². The molecule has 0 heterocycles. The van der Waals surface area contributed by atoms with Crippen LogP contribution in [0.1, 0.15) is 31.7 Å². The predicted molar refractivity (Wildman–Crippen MR) is 70.8 cm³/mol. The molecule has 0 aliphatic heterocycles. The lowest BCUT2D eigenvalue weighted by Crippen LogP contribution is -2.30. The highest BCUT2D eigenvalue weighted by Crippen LogP contribution is 2.11. The second-order valence-electron chi connectivity index (χ2n) is 4.40. The lowest BCUT2D eigenvalue weighted by atomic mass is 10.2. The van der Waals surface area contributed by atoms with E-state index in [-0.39, 0.29) is 11.4 Å². The molecule has 1 rings (SSSR count). The average molecular weight is 273 g/mol. The second-order valence-corrected chi connectivity index (χ2v) is 6.17. The third-order valence-corrected chi connectivity index (χ3v) is 4.14. The van der Waals surface area contributed by atoms with Gasteiger partial charge in [-0.15, -0.1) is 0 Å². The van der Waals surface area contributed by atoms with Gasteiger partial charge in [-0.2, -0.15) is 0 Å². The summed E-state index contributed by atoms with van der Waals surface area (Å²) in [6.45, 7) is 3.70. The van der Waals surface area contributed by atoms with E-state index in [1.165, 1.54) is 12.1 Å². The van der Waals surface area contributed by atoms with Crippen molar-refractivity contribution in [3.63, 3.8) is 0 Å². The Bertz CT molecular complexity index is 456. The van der Waals surface area contributed by atoms with Crippen LogP contribution in [0.5, 0.6) is 0 Å². The summed E-state index contributed by atoms with van der Waals surface area (Å²) in [5, 5.41) is 0. The van der Waals surface area contributed by atoms with Gasteiger partial charge < -0.3 is 0 Å². The largest absolute Gasteiger partial charge is 0.246 e. The zero-order chi connectivity index (χ0) is 13.6. The van der Waals surface area contributed by atoms with E-state index >= 15 is 0 Å². The van der Waals surface area contributed by atoms with Gasteiger partial charge in [-0.3, -0.25) is 0 Å². The molecule has 0 bridgehead atoms. The van der Waals surface area contributed by atoms with Gasteiger partial charge in [-0.05, 0) is 25.5 Å². The Labute approximate surface area is 108 Å². The van der Waals surface area contributed by atoms with Gasteiger partial charge in [0.1, 0.15) is 6.17 Å². The molecule has 0 amide bonds. The van der Waals surface area contributed by atoms with Gasteiger partial charge in [0.05, 0.1) is 4.90 Å². The summed E-state index contributed by atoms with van der Waals surface area (Å²) in [5.41, 5.74) is 0.986. The smallest absolute Gasteiger partial charge is 0.240 e. The first-order valence-corrected chi connectivity index (χ1v) is 7.64. The summed E-state index contributed by atoms with van der Waals surface area (Å²) in [4.78, 5) is 0.177. The maximum Gasteiger partial charge on any atom is 0.240 e. The van der Waals surface area contributed by atoms with E-state index in [2.05, 4.69) is 4.72 Å². The molecule has 102 valence electrons. The number of rotatable bonds is 7. The minimum absolute atomic E-state index is 0.157. The van der Waals surface area contributed by atoms with Crippen LogP contribution in [0.2, 0.25) is 0 Å². The third-order valence-electron chi connectivity index (χ3n) is 2.70. The quantitative estimate of drug-likeness (QED) is 0.830. The molecule has 18 heavy (non-hydrogen) atoms. The van der Waals surface area contributed by atoms with E-state index in [1.54, 1.807) is 12.1 Å². The monoisotopic (exact) mass is 273 g/mol. The van der Waals surface area contributed by atoms with Crippen LogP contribution < -0.4 is 4.72 Å². The molecule has 1 unspecified atom stereocenters. The zero-order valence-electron chi connectivity index (χ0n) is 10.8. The Morgan fingerprint density at radius 3 is 2.44 bits per heavy atom. The van der Waals surface area contributed by atoms with Crippen LogP contribution >= 0.6 is 0 Å². The standard InChI is InChI=1S/C13H20FNO2S/c1-3-4-5-12(14)10-15-18(16,17)13-8-6-11(2)7-9-13/h6-9,12,15H,3-5,10H2,1-2H3. The van der Waals surface area contributed by atoms with Gasteiger partial charge in [0.25, 0.3) is 0 Å². The maximum absolute atomic E-state index is 13.4. The van der Waals surface area contributed by atoms with E-state index in [0.29, 0.717) is 6.42 Å². The van der Waals surface area contributed by atoms with Crippen molar-refractivity contribution >= 4 is 10.0 Å². The van der Waals surface area contributed by atoms with Crippen molar-refractivity contribution in [1.82, 2.24) is 4.72 Å². The molecule has 0 fully saturated rings. The van der Waals surface area contributed by atoms with Crippen LogP contribution in [0, 0.1) is 6.92 Å². The number of aryl methyl sites for hydroxylation is 1. The lowest BCUT2D eigenvalue weighted by Gasteiger charge is -2.10. The molecule has 1 aromatic carbocycles. The highest BCUT2D eigenvalue weighted by molar-refractivity contribution is 7.89. The fourth-order valence-corrected chi connectivity index (χ4v) is 2.59. The fourth-order valence-electron chi connectivity index (χ4n) is 1.53. The molecular weight excluding hydrogens is 253 g/mol. The Kier molecular flexibility index (Phi) is 5.75. The highest BCUT2D eigenvalue weighted by Gasteiger charge is 2.15. The van der Waals surface area contributed by atoms with E-state index in [1.807, 2.05) is 13.8 Å². The van der Waals surface area contributed by atoms with Crippen LogP contribution in [0.4, 0.5) is 4.39 Å². The Hall–Kier alpha value is -0.940. The molecule has 0 saturated carbocycles. The molecule has 0 spiro atoms. The first kappa shape index (κ1) is 15.1. The number of hydrogen-bond donors (Lipinski definition) is 1. The first-order chi connectivity index (χ1) is 8.45. The summed E-state index contributed by atoms with van der Waals surface area (Å²) in [7, 11) is -3.59. The molecule has 0 aliphatic rings. The number of unbranched alkanes of at least 4 members (excludes halogenated alkanes) is 1. The second kappa shape index (κ2) is 6.85. The average Bonchev–Trinajstić information content (AvgIpc) is 2.34.